The van der Waals surface area contributed by atoms with Gasteiger partial charge >= 0.3 is 0 Å². The van der Waals surface area contributed by atoms with Crippen molar-refractivity contribution in [2.75, 3.05) is 11.4 Å². The van der Waals surface area contributed by atoms with Gasteiger partial charge in [-0.05, 0) is 59.0 Å². The standard InChI is InChI=1S/C25H17ClFN3O4S/c1-33-24-14-17(16-3-6-21(26)22(27)13-16)4-7-23(24)30(25-9-11-34-29-25)35(31,32)20-5-2-19-15-28-10-8-18(19)12-20/h2-15H,1H3. The Morgan fingerprint density at radius 2 is 1.77 bits per heavy atom. The number of rotatable bonds is 6. The summed E-state index contributed by atoms with van der Waals surface area (Å²) in [4.78, 5) is 4.11. The molecular formula is C25H17ClFN3O4S. The van der Waals surface area contributed by atoms with Gasteiger partial charge in [-0.1, -0.05) is 35.0 Å². The third-order valence-electron chi connectivity index (χ3n) is 5.43. The van der Waals surface area contributed by atoms with Crippen molar-refractivity contribution in [2.24, 2.45) is 0 Å². The van der Waals surface area contributed by atoms with Crippen molar-refractivity contribution in [2.45, 2.75) is 4.90 Å². The van der Waals surface area contributed by atoms with Crippen LogP contribution in [0.3, 0.4) is 0 Å². The Kier molecular flexibility index (Phi) is 5.88. The van der Waals surface area contributed by atoms with Crippen LogP contribution in [0.2, 0.25) is 5.02 Å². The molecule has 35 heavy (non-hydrogen) atoms. The van der Waals surface area contributed by atoms with E-state index in [9.17, 15) is 12.8 Å². The van der Waals surface area contributed by atoms with Crippen LogP contribution >= 0.6 is 11.6 Å². The number of hydrogen-bond donors (Lipinski definition) is 0. The van der Waals surface area contributed by atoms with Gasteiger partial charge in [-0.25, -0.2) is 17.1 Å². The van der Waals surface area contributed by atoms with E-state index in [0.717, 1.165) is 9.69 Å². The number of ether oxygens (including phenoxy) is 1. The van der Waals surface area contributed by atoms with Crippen molar-refractivity contribution >= 4 is 43.9 Å². The van der Waals surface area contributed by atoms with Crippen LogP contribution in [0, 0.1) is 5.82 Å². The molecule has 7 nitrogen and oxygen atoms in total. The normalized spacial score (nSPS) is 11.5. The van der Waals surface area contributed by atoms with E-state index in [1.54, 1.807) is 54.9 Å². The van der Waals surface area contributed by atoms with Gasteiger partial charge in [-0.2, -0.15) is 0 Å². The van der Waals surface area contributed by atoms with Crippen molar-refractivity contribution in [3.63, 3.8) is 0 Å². The van der Waals surface area contributed by atoms with Gasteiger partial charge in [0.1, 0.15) is 23.5 Å². The minimum atomic E-state index is -4.16. The number of nitrogens with zero attached hydrogens (tertiary/aromatic N) is 3. The monoisotopic (exact) mass is 509 g/mol. The van der Waals surface area contributed by atoms with E-state index >= 15 is 0 Å². The van der Waals surface area contributed by atoms with Gasteiger partial charge in [-0.3, -0.25) is 4.98 Å². The summed E-state index contributed by atoms with van der Waals surface area (Å²) in [6, 6.07) is 17.2. The fraction of sp³-hybridized carbons (Fsp3) is 0.0400. The summed E-state index contributed by atoms with van der Waals surface area (Å²) in [6.45, 7) is 0. The second kappa shape index (κ2) is 9.01. The van der Waals surface area contributed by atoms with Crippen LogP contribution in [-0.2, 0) is 10.0 Å². The lowest BCUT2D eigenvalue weighted by atomic mass is 10.0. The highest BCUT2D eigenvalue weighted by Crippen LogP contribution is 2.40. The molecule has 0 aliphatic rings. The van der Waals surface area contributed by atoms with Crippen LogP contribution in [0.5, 0.6) is 5.75 Å². The molecule has 0 saturated heterocycles. The average Bonchev–Trinajstić information content (AvgIpc) is 3.39. The van der Waals surface area contributed by atoms with E-state index in [1.165, 1.54) is 37.6 Å². The number of sulfonamides is 1. The highest BCUT2D eigenvalue weighted by atomic mass is 35.5. The van der Waals surface area contributed by atoms with Crippen LogP contribution < -0.4 is 9.04 Å². The third kappa shape index (κ3) is 4.20. The molecule has 5 aromatic rings. The molecule has 5 rings (SSSR count). The Morgan fingerprint density at radius 3 is 2.51 bits per heavy atom. The summed E-state index contributed by atoms with van der Waals surface area (Å²) in [7, 11) is -2.74. The minimum absolute atomic E-state index is 0.00630. The maximum atomic E-state index is 14.0. The Bertz CT molecular complexity index is 1640. The summed E-state index contributed by atoms with van der Waals surface area (Å²) in [5.74, 6) is -0.289. The van der Waals surface area contributed by atoms with E-state index in [-0.39, 0.29) is 27.2 Å². The average molecular weight is 510 g/mol. The number of fused-ring (bicyclic) bond motifs is 1. The molecule has 0 bridgehead atoms. The van der Waals surface area contributed by atoms with Crippen molar-refractivity contribution < 1.29 is 22.1 Å². The zero-order chi connectivity index (χ0) is 24.6. The largest absolute Gasteiger partial charge is 0.495 e. The van der Waals surface area contributed by atoms with Crippen LogP contribution in [0.25, 0.3) is 21.9 Å². The van der Waals surface area contributed by atoms with Gasteiger partial charge in [0.15, 0.2) is 5.82 Å². The van der Waals surface area contributed by atoms with Gasteiger partial charge in [0.05, 0.1) is 17.0 Å². The molecule has 0 spiro atoms. The Balaban J connectivity index is 1.66. The Labute approximate surface area is 205 Å². The fourth-order valence-corrected chi connectivity index (χ4v) is 5.31. The van der Waals surface area contributed by atoms with Crippen molar-refractivity contribution in [1.82, 2.24) is 10.1 Å². The van der Waals surface area contributed by atoms with Crippen molar-refractivity contribution in [3.05, 3.63) is 96.2 Å². The second-order valence-electron chi connectivity index (χ2n) is 7.53. The van der Waals surface area contributed by atoms with E-state index in [4.69, 9.17) is 20.9 Å². The van der Waals surface area contributed by atoms with E-state index in [0.29, 0.717) is 16.5 Å². The molecule has 0 N–H and O–H groups in total. The topological polar surface area (TPSA) is 85.5 Å². The highest BCUT2D eigenvalue weighted by Gasteiger charge is 2.31. The molecule has 0 aliphatic heterocycles. The number of hydrogen-bond acceptors (Lipinski definition) is 6. The number of aromatic nitrogens is 2. The molecule has 10 heteroatoms. The first-order valence-electron chi connectivity index (χ1n) is 10.3. The zero-order valence-corrected chi connectivity index (χ0v) is 19.8. The van der Waals surface area contributed by atoms with Crippen molar-refractivity contribution in [3.8, 4) is 16.9 Å². The lowest BCUT2D eigenvalue weighted by Crippen LogP contribution is -2.27. The summed E-state index contributed by atoms with van der Waals surface area (Å²) in [6.07, 6.45) is 4.53. The second-order valence-corrected chi connectivity index (χ2v) is 9.72. The molecule has 0 aliphatic carbocycles. The lowest BCUT2D eigenvalue weighted by Gasteiger charge is -2.24. The predicted molar refractivity (Wildman–Crippen MR) is 131 cm³/mol. The smallest absolute Gasteiger partial charge is 0.270 e. The van der Waals surface area contributed by atoms with Crippen LogP contribution in [0.15, 0.2) is 94.8 Å². The third-order valence-corrected chi connectivity index (χ3v) is 7.45. The summed E-state index contributed by atoms with van der Waals surface area (Å²) >= 11 is 5.80. The molecule has 0 amide bonds. The van der Waals surface area contributed by atoms with Gasteiger partial charge in [-0.15, -0.1) is 0 Å². The molecule has 3 aromatic carbocycles. The molecule has 0 saturated carbocycles. The first kappa shape index (κ1) is 22.8. The molecule has 2 aromatic heterocycles. The zero-order valence-electron chi connectivity index (χ0n) is 18.2. The maximum absolute atomic E-state index is 14.0. The van der Waals surface area contributed by atoms with Crippen LogP contribution in [0.1, 0.15) is 0 Å². The van der Waals surface area contributed by atoms with Gasteiger partial charge in [0, 0.05) is 23.8 Å². The number of methoxy groups -OCH3 is 1. The predicted octanol–water partition coefficient (Wildman–Crippen LogP) is 6.22. The minimum Gasteiger partial charge on any atom is -0.495 e. The van der Waals surface area contributed by atoms with Crippen LogP contribution in [0.4, 0.5) is 15.9 Å². The number of anilines is 2. The van der Waals surface area contributed by atoms with Crippen LogP contribution in [-0.4, -0.2) is 25.7 Å². The molecule has 0 atom stereocenters. The molecule has 0 radical (unpaired) electrons. The van der Waals surface area contributed by atoms with Crippen molar-refractivity contribution in [1.29, 1.82) is 0 Å². The van der Waals surface area contributed by atoms with E-state index < -0.39 is 15.8 Å². The maximum Gasteiger partial charge on any atom is 0.270 e. The van der Waals surface area contributed by atoms with E-state index in [2.05, 4.69) is 10.1 Å². The molecular weight excluding hydrogens is 493 g/mol. The number of halogens is 2. The van der Waals surface area contributed by atoms with Gasteiger partial charge < -0.3 is 9.26 Å². The SMILES string of the molecule is COc1cc(-c2ccc(Cl)c(F)c2)ccc1N(c1ccon1)S(=O)(=O)c1ccc2cnccc2c1. The molecule has 2 heterocycles. The summed E-state index contributed by atoms with van der Waals surface area (Å²) < 4.78 is 53.3. The quantitative estimate of drug-likeness (QED) is 0.270. The summed E-state index contributed by atoms with van der Waals surface area (Å²) in [5.41, 5.74) is 1.36. The number of benzene rings is 3. The highest BCUT2D eigenvalue weighted by molar-refractivity contribution is 7.93. The fourth-order valence-electron chi connectivity index (χ4n) is 3.71. The van der Waals surface area contributed by atoms with Gasteiger partial charge in [0.25, 0.3) is 10.0 Å². The molecule has 0 fully saturated rings. The van der Waals surface area contributed by atoms with E-state index in [1.807, 2.05) is 0 Å². The van der Waals surface area contributed by atoms with Gasteiger partial charge in [0.2, 0.25) is 0 Å². The molecule has 0 unspecified atom stereocenters. The Hall–Kier alpha value is -3.95. The number of pyridine rings is 1. The first-order valence-corrected chi connectivity index (χ1v) is 12.1. The molecule has 176 valence electrons. The lowest BCUT2D eigenvalue weighted by molar-refractivity contribution is 0.414. The summed E-state index contributed by atoms with van der Waals surface area (Å²) in [5, 5.41) is 5.39. The first-order chi connectivity index (χ1) is 16.9. The Morgan fingerprint density at radius 1 is 0.971 bits per heavy atom.